The molecule has 0 bridgehead atoms. The number of carbonyl (C=O) groups excluding carboxylic acids is 1. The van der Waals surface area contributed by atoms with Crippen LogP contribution in [-0.2, 0) is 10.2 Å². The zero-order valence-corrected chi connectivity index (χ0v) is 17.4. The summed E-state index contributed by atoms with van der Waals surface area (Å²) >= 11 is 0. The van der Waals surface area contributed by atoms with Gasteiger partial charge in [0.05, 0.1) is 11.8 Å². The zero-order valence-electron chi connectivity index (χ0n) is 17.4. The fourth-order valence-corrected chi connectivity index (χ4v) is 3.06. The van der Waals surface area contributed by atoms with Crippen molar-refractivity contribution in [2.45, 2.75) is 19.3 Å². The molecule has 0 saturated heterocycles. The number of ether oxygens (including phenoxy) is 1. The number of aromatic carboxylic acids is 1. The Morgan fingerprint density at radius 2 is 1.55 bits per heavy atom. The monoisotopic (exact) mass is 416 g/mol. The molecule has 158 valence electrons. The Labute approximate surface area is 181 Å². The first-order valence-electron chi connectivity index (χ1n) is 9.80. The highest BCUT2D eigenvalue weighted by molar-refractivity contribution is 5.89. The fraction of sp³-hybridized carbons (Fsp3) is 0.160. The lowest BCUT2D eigenvalue weighted by Crippen LogP contribution is -2.24. The molecule has 3 aromatic rings. The minimum Gasteiger partial charge on any atom is -0.484 e. The van der Waals surface area contributed by atoms with Crippen LogP contribution in [0.5, 0.6) is 5.75 Å². The van der Waals surface area contributed by atoms with Crippen LogP contribution in [0.15, 0.2) is 84.0 Å². The van der Waals surface area contributed by atoms with Crippen LogP contribution in [0, 0.1) is 0 Å². The van der Waals surface area contributed by atoms with Gasteiger partial charge in [0.25, 0.3) is 5.91 Å². The molecule has 2 N–H and O–H groups in total. The summed E-state index contributed by atoms with van der Waals surface area (Å²) in [4.78, 5) is 22.8. The van der Waals surface area contributed by atoms with E-state index in [1.54, 1.807) is 12.1 Å². The molecule has 0 saturated carbocycles. The summed E-state index contributed by atoms with van der Waals surface area (Å²) < 4.78 is 5.53. The van der Waals surface area contributed by atoms with Gasteiger partial charge in [-0.2, -0.15) is 5.10 Å². The van der Waals surface area contributed by atoms with Crippen molar-refractivity contribution in [2.75, 3.05) is 6.61 Å². The van der Waals surface area contributed by atoms with Gasteiger partial charge in [0.1, 0.15) is 5.75 Å². The highest BCUT2D eigenvalue weighted by atomic mass is 16.5. The molecule has 0 aromatic heterocycles. The minimum atomic E-state index is -0.995. The summed E-state index contributed by atoms with van der Waals surface area (Å²) in [5, 5.41) is 12.7. The van der Waals surface area contributed by atoms with Crippen LogP contribution < -0.4 is 10.2 Å². The first-order chi connectivity index (χ1) is 14.9. The molecule has 0 unspecified atom stereocenters. The predicted molar refractivity (Wildman–Crippen MR) is 120 cm³/mol. The van der Waals surface area contributed by atoms with Crippen LogP contribution in [0.1, 0.15) is 40.9 Å². The van der Waals surface area contributed by atoms with E-state index in [9.17, 15) is 9.59 Å². The topological polar surface area (TPSA) is 88.0 Å². The van der Waals surface area contributed by atoms with E-state index in [-0.39, 0.29) is 17.6 Å². The van der Waals surface area contributed by atoms with Crippen LogP contribution in [0.4, 0.5) is 0 Å². The summed E-state index contributed by atoms with van der Waals surface area (Å²) in [5.74, 6) is -0.797. The molecule has 0 aliphatic rings. The highest BCUT2D eigenvalue weighted by Crippen LogP contribution is 2.32. The smallest absolute Gasteiger partial charge is 0.335 e. The fourth-order valence-electron chi connectivity index (χ4n) is 3.06. The van der Waals surface area contributed by atoms with Crippen molar-refractivity contribution in [1.29, 1.82) is 0 Å². The van der Waals surface area contributed by atoms with Crippen molar-refractivity contribution in [2.24, 2.45) is 5.10 Å². The van der Waals surface area contributed by atoms with E-state index >= 15 is 0 Å². The van der Waals surface area contributed by atoms with Crippen molar-refractivity contribution in [3.8, 4) is 5.75 Å². The maximum atomic E-state index is 11.9. The molecule has 0 atom stereocenters. The summed E-state index contributed by atoms with van der Waals surface area (Å²) in [6, 6.07) is 24.1. The number of amides is 1. The number of carboxylic acid groups (broad SMARTS) is 1. The van der Waals surface area contributed by atoms with E-state index in [1.807, 2.05) is 42.5 Å². The quantitative estimate of drug-likeness (QED) is 0.425. The molecule has 3 rings (SSSR count). The Balaban J connectivity index is 1.50. The minimum absolute atomic E-state index is 0.144. The van der Waals surface area contributed by atoms with Gasteiger partial charge in [0.2, 0.25) is 0 Å². The number of nitrogens with one attached hydrogen (secondary N) is 1. The van der Waals surface area contributed by atoms with Crippen LogP contribution in [0.2, 0.25) is 0 Å². The lowest BCUT2D eigenvalue weighted by atomic mass is 9.78. The molecule has 6 nitrogen and oxygen atoms in total. The van der Waals surface area contributed by atoms with Gasteiger partial charge in [-0.15, -0.1) is 0 Å². The molecule has 0 aliphatic carbocycles. The maximum absolute atomic E-state index is 11.9. The number of nitrogens with zero attached hydrogens (tertiary/aromatic N) is 1. The van der Waals surface area contributed by atoms with E-state index in [0.717, 1.165) is 5.56 Å². The number of carboxylic acids is 1. The molecule has 0 heterocycles. The summed E-state index contributed by atoms with van der Waals surface area (Å²) in [6.07, 6.45) is 1.43. The molecule has 3 aromatic carbocycles. The molecule has 6 heteroatoms. The van der Waals surface area contributed by atoms with Gasteiger partial charge < -0.3 is 9.84 Å². The maximum Gasteiger partial charge on any atom is 0.335 e. The first-order valence-corrected chi connectivity index (χ1v) is 9.80. The van der Waals surface area contributed by atoms with Gasteiger partial charge >= 0.3 is 5.97 Å². The zero-order chi connectivity index (χ0) is 22.3. The van der Waals surface area contributed by atoms with E-state index < -0.39 is 11.9 Å². The first kappa shape index (κ1) is 21.8. The van der Waals surface area contributed by atoms with Crippen molar-refractivity contribution in [3.63, 3.8) is 0 Å². The van der Waals surface area contributed by atoms with E-state index in [2.05, 4.69) is 36.5 Å². The second-order valence-corrected chi connectivity index (χ2v) is 7.52. The van der Waals surface area contributed by atoms with Gasteiger partial charge in [-0.25, -0.2) is 10.2 Å². The third-order valence-corrected chi connectivity index (χ3v) is 5.00. The second kappa shape index (κ2) is 9.71. The Morgan fingerprint density at radius 1 is 0.935 bits per heavy atom. The third kappa shape index (κ3) is 5.79. The lowest BCUT2D eigenvalue weighted by molar-refractivity contribution is -0.123. The van der Waals surface area contributed by atoms with Crippen molar-refractivity contribution >= 4 is 18.1 Å². The van der Waals surface area contributed by atoms with Crippen LogP contribution in [0.25, 0.3) is 0 Å². The van der Waals surface area contributed by atoms with E-state index in [0.29, 0.717) is 11.3 Å². The molecule has 31 heavy (non-hydrogen) atoms. The number of hydrazone groups is 1. The van der Waals surface area contributed by atoms with Crippen LogP contribution in [-0.4, -0.2) is 29.8 Å². The Bertz CT molecular complexity index is 1060. The summed E-state index contributed by atoms with van der Waals surface area (Å²) in [7, 11) is 0. The average molecular weight is 416 g/mol. The third-order valence-electron chi connectivity index (χ3n) is 5.00. The molecule has 1 amide bonds. The largest absolute Gasteiger partial charge is 0.484 e. The lowest BCUT2D eigenvalue weighted by Gasteiger charge is -2.26. The second-order valence-electron chi connectivity index (χ2n) is 7.52. The summed E-state index contributed by atoms with van der Waals surface area (Å²) in [6.45, 7) is 4.16. The van der Waals surface area contributed by atoms with Gasteiger partial charge in [-0.3, -0.25) is 4.79 Å². The van der Waals surface area contributed by atoms with Gasteiger partial charge in [-0.1, -0.05) is 68.4 Å². The highest BCUT2D eigenvalue weighted by Gasteiger charge is 2.22. The van der Waals surface area contributed by atoms with Crippen molar-refractivity contribution < 1.29 is 19.4 Å². The Morgan fingerprint density at radius 3 is 2.16 bits per heavy atom. The molecule has 0 spiro atoms. The molecular weight excluding hydrogens is 392 g/mol. The molecule has 0 aliphatic heterocycles. The molecular formula is C25H24N2O4. The number of rotatable bonds is 8. The SMILES string of the molecule is CC(C)(c1ccccc1)c1ccc(OCC(=O)N/N=C/c2ccc(C(=O)O)cc2)cc1. The van der Waals surface area contributed by atoms with Gasteiger partial charge in [-0.05, 0) is 41.0 Å². The van der Waals surface area contributed by atoms with Crippen LogP contribution >= 0.6 is 0 Å². The number of benzene rings is 3. The normalized spacial score (nSPS) is 11.3. The average Bonchev–Trinajstić information content (AvgIpc) is 2.79. The molecule has 0 radical (unpaired) electrons. The van der Waals surface area contributed by atoms with Gasteiger partial charge in [0.15, 0.2) is 6.61 Å². The number of carbonyl (C=O) groups is 2. The Hall–Kier alpha value is -3.93. The number of hydrogen-bond acceptors (Lipinski definition) is 4. The van der Waals surface area contributed by atoms with Crippen LogP contribution in [0.3, 0.4) is 0 Å². The number of hydrogen-bond donors (Lipinski definition) is 2. The predicted octanol–water partition coefficient (Wildman–Crippen LogP) is 4.24. The van der Waals surface area contributed by atoms with Gasteiger partial charge in [0, 0.05) is 5.41 Å². The summed E-state index contributed by atoms with van der Waals surface area (Å²) in [5.41, 5.74) is 5.47. The molecule has 0 fully saturated rings. The van der Waals surface area contributed by atoms with Crippen molar-refractivity contribution in [3.05, 3.63) is 101 Å². The van der Waals surface area contributed by atoms with Crippen molar-refractivity contribution in [1.82, 2.24) is 5.43 Å². The van der Waals surface area contributed by atoms with E-state index in [4.69, 9.17) is 9.84 Å². The Kier molecular flexibility index (Phi) is 6.82. The van der Waals surface area contributed by atoms with E-state index in [1.165, 1.54) is 23.9 Å². The standard InChI is InChI=1S/C25H24N2O4/c1-25(2,20-6-4-3-5-7-20)21-12-14-22(15-13-21)31-17-23(28)27-26-16-18-8-10-19(11-9-18)24(29)30/h3-16H,17H2,1-2H3,(H,27,28)(H,29,30)/b26-16+.